The Morgan fingerprint density at radius 3 is 2.50 bits per heavy atom. The van der Waals surface area contributed by atoms with Gasteiger partial charge in [-0.2, -0.15) is 0 Å². The van der Waals surface area contributed by atoms with E-state index in [4.69, 9.17) is 4.74 Å². The number of aliphatic carboxylic acids is 1. The summed E-state index contributed by atoms with van der Waals surface area (Å²) >= 11 is 0. The molecule has 0 radical (unpaired) electrons. The lowest BCUT2D eigenvalue weighted by molar-refractivity contribution is -0.144. The summed E-state index contributed by atoms with van der Waals surface area (Å²) in [7, 11) is 2.01. The first-order valence-corrected chi connectivity index (χ1v) is 7.11. The molecule has 0 spiro atoms. The molecule has 0 bridgehead atoms. The Kier molecular flexibility index (Phi) is 4.78. The number of likely N-dealkylation sites (N-methyl/N-ethyl adjacent to an activating group) is 1. The molecule has 0 amide bonds. The van der Waals surface area contributed by atoms with Crippen molar-refractivity contribution in [3.63, 3.8) is 0 Å². The molecule has 0 aromatic heterocycles. The van der Waals surface area contributed by atoms with Crippen LogP contribution in [-0.2, 0) is 14.9 Å². The predicted octanol–water partition coefficient (Wildman–Crippen LogP) is 2.14. The standard InChI is InChI=1S/C16H23NO3/c1-16(15(18)19,13-6-4-3-5-7-13)12-17(2)14-8-10-20-11-9-14/h3-7,14H,8-12H2,1-2H3,(H,18,19). The van der Waals surface area contributed by atoms with Crippen molar-refractivity contribution in [1.29, 1.82) is 0 Å². The molecule has 4 nitrogen and oxygen atoms in total. The Morgan fingerprint density at radius 2 is 1.95 bits per heavy atom. The second kappa shape index (κ2) is 6.37. The molecule has 1 fully saturated rings. The van der Waals surface area contributed by atoms with E-state index < -0.39 is 11.4 Å². The molecule has 2 rings (SSSR count). The highest BCUT2D eigenvalue weighted by atomic mass is 16.5. The van der Waals surface area contributed by atoms with Gasteiger partial charge in [0.15, 0.2) is 0 Å². The maximum absolute atomic E-state index is 11.8. The summed E-state index contributed by atoms with van der Waals surface area (Å²) in [6, 6.07) is 9.90. The van der Waals surface area contributed by atoms with Crippen LogP contribution in [0.4, 0.5) is 0 Å². The molecule has 20 heavy (non-hydrogen) atoms. The van der Waals surface area contributed by atoms with Gasteiger partial charge in [0, 0.05) is 25.8 Å². The van der Waals surface area contributed by atoms with Crippen LogP contribution in [0.15, 0.2) is 30.3 Å². The SMILES string of the molecule is CN(CC(C)(C(=O)O)c1ccccc1)C1CCOCC1. The number of carbonyl (C=O) groups is 1. The first kappa shape index (κ1) is 15.0. The lowest BCUT2D eigenvalue weighted by Gasteiger charge is -2.37. The fraction of sp³-hybridized carbons (Fsp3) is 0.562. The minimum Gasteiger partial charge on any atom is -0.481 e. The molecule has 4 heteroatoms. The molecule has 1 atom stereocenters. The number of carboxylic acids is 1. The fourth-order valence-corrected chi connectivity index (χ4v) is 2.84. The van der Waals surface area contributed by atoms with Crippen molar-refractivity contribution < 1.29 is 14.6 Å². The maximum Gasteiger partial charge on any atom is 0.315 e. The molecule has 110 valence electrons. The van der Waals surface area contributed by atoms with Crippen LogP contribution in [0, 0.1) is 0 Å². The van der Waals surface area contributed by atoms with Gasteiger partial charge in [-0.1, -0.05) is 30.3 Å². The van der Waals surface area contributed by atoms with Gasteiger partial charge in [-0.15, -0.1) is 0 Å². The largest absolute Gasteiger partial charge is 0.481 e. The van der Waals surface area contributed by atoms with E-state index >= 15 is 0 Å². The van der Waals surface area contributed by atoms with Crippen molar-refractivity contribution >= 4 is 5.97 Å². The van der Waals surface area contributed by atoms with Crippen molar-refractivity contribution in [3.05, 3.63) is 35.9 Å². The average molecular weight is 277 g/mol. The van der Waals surface area contributed by atoms with Gasteiger partial charge in [-0.25, -0.2) is 0 Å². The number of ether oxygens (including phenoxy) is 1. The quantitative estimate of drug-likeness (QED) is 0.896. The van der Waals surface area contributed by atoms with Crippen molar-refractivity contribution in [1.82, 2.24) is 4.90 Å². The van der Waals surface area contributed by atoms with E-state index in [9.17, 15) is 9.90 Å². The Morgan fingerprint density at radius 1 is 1.35 bits per heavy atom. The van der Waals surface area contributed by atoms with E-state index in [1.807, 2.05) is 37.4 Å². The molecule has 1 aliphatic heterocycles. The van der Waals surface area contributed by atoms with Gasteiger partial charge in [0.25, 0.3) is 0 Å². The highest BCUT2D eigenvalue weighted by Crippen LogP contribution is 2.27. The number of carboxylic acid groups (broad SMARTS) is 1. The van der Waals surface area contributed by atoms with Gasteiger partial charge < -0.3 is 14.7 Å². The van der Waals surface area contributed by atoms with Crippen LogP contribution < -0.4 is 0 Å². The fourth-order valence-electron chi connectivity index (χ4n) is 2.84. The summed E-state index contributed by atoms with van der Waals surface area (Å²) in [5.41, 5.74) is -0.0275. The number of nitrogens with zero attached hydrogens (tertiary/aromatic N) is 1. The number of hydrogen-bond donors (Lipinski definition) is 1. The van der Waals surface area contributed by atoms with Crippen molar-refractivity contribution in [2.45, 2.75) is 31.2 Å². The van der Waals surface area contributed by atoms with Gasteiger partial charge in [0.2, 0.25) is 0 Å². The van der Waals surface area contributed by atoms with Crippen molar-refractivity contribution in [2.75, 3.05) is 26.8 Å². The highest BCUT2D eigenvalue weighted by Gasteiger charge is 2.37. The third-order valence-electron chi connectivity index (χ3n) is 4.26. The smallest absolute Gasteiger partial charge is 0.315 e. The van der Waals surface area contributed by atoms with Crippen LogP contribution in [0.25, 0.3) is 0 Å². The average Bonchev–Trinajstić information content (AvgIpc) is 2.48. The van der Waals surface area contributed by atoms with E-state index in [-0.39, 0.29) is 0 Å². The molecular formula is C16H23NO3. The van der Waals surface area contributed by atoms with Crippen LogP contribution in [0.1, 0.15) is 25.3 Å². The highest BCUT2D eigenvalue weighted by molar-refractivity contribution is 5.81. The topological polar surface area (TPSA) is 49.8 Å². The van der Waals surface area contributed by atoms with E-state index in [1.54, 1.807) is 6.92 Å². The van der Waals surface area contributed by atoms with E-state index in [0.29, 0.717) is 12.6 Å². The van der Waals surface area contributed by atoms with Gasteiger partial charge in [-0.05, 0) is 32.4 Å². The molecule has 0 aliphatic carbocycles. The minimum absolute atomic E-state index is 0.408. The minimum atomic E-state index is -0.881. The zero-order valence-corrected chi connectivity index (χ0v) is 12.2. The molecule has 1 saturated heterocycles. The van der Waals surface area contributed by atoms with Crippen LogP contribution >= 0.6 is 0 Å². The molecule has 1 heterocycles. The first-order valence-electron chi connectivity index (χ1n) is 7.11. The number of benzene rings is 1. The molecule has 1 aliphatic rings. The normalized spacial score (nSPS) is 19.8. The maximum atomic E-state index is 11.8. The van der Waals surface area contributed by atoms with Crippen LogP contribution in [0.3, 0.4) is 0 Å². The number of hydrogen-bond acceptors (Lipinski definition) is 3. The Bertz CT molecular complexity index is 442. The molecule has 1 aromatic rings. The van der Waals surface area contributed by atoms with Crippen molar-refractivity contribution in [3.8, 4) is 0 Å². The Hall–Kier alpha value is -1.39. The molecule has 1 aromatic carbocycles. The van der Waals surface area contributed by atoms with Gasteiger partial charge >= 0.3 is 5.97 Å². The van der Waals surface area contributed by atoms with Gasteiger partial charge in [0.1, 0.15) is 5.41 Å². The zero-order chi connectivity index (χ0) is 14.6. The lowest BCUT2D eigenvalue weighted by Crippen LogP contribution is -2.48. The van der Waals surface area contributed by atoms with E-state index in [0.717, 1.165) is 31.6 Å². The second-order valence-corrected chi connectivity index (χ2v) is 5.76. The molecule has 0 saturated carbocycles. The monoisotopic (exact) mass is 277 g/mol. The summed E-state index contributed by atoms with van der Waals surface area (Å²) in [4.78, 5) is 14.0. The zero-order valence-electron chi connectivity index (χ0n) is 12.2. The lowest BCUT2D eigenvalue weighted by atomic mass is 9.81. The number of rotatable bonds is 5. The van der Waals surface area contributed by atoms with E-state index in [1.165, 1.54) is 0 Å². The Labute approximate surface area is 120 Å². The Balaban J connectivity index is 2.15. The third-order valence-corrected chi connectivity index (χ3v) is 4.26. The van der Waals surface area contributed by atoms with Crippen LogP contribution in [0.2, 0.25) is 0 Å². The molecule has 1 N–H and O–H groups in total. The van der Waals surface area contributed by atoms with Crippen LogP contribution in [0.5, 0.6) is 0 Å². The van der Waals surface area contributed by atoms with Gasteiger partial charge in [0.05, 0.1) is 0 Å². The molecule has 1 unspecified atom stereocenters. The molecular weight excluding hydrogens is 254 g/mol. The summed E-state index contributed by atoms with van der Waals surface area (Å²) in [6.45, 7) is 3.85. The summed E-state index contributed by atoms with van der Waals surface area (Å²) in [5.74, 6) is -0.775. The van der Waals surface area contributed by atoms with Gasteiger partial charge in [-0.3, -0.25) is 4.79 Å². The summed E-state index contributed by atoms with van der Waals surface area (Å²) in [5, 5.41) is 9.68. The second-order valence-electron chi connectivity index (χ2n) is 5.76. The third kappa shape index (κ3) is 3.19. The van der Waals surface area contributed by atoms with Crippen LogP contribution in [-0.4, -0.2) is 48.8 Å². The van der Waals surface area contributed by atoms with Crippen molar-refractivity contribution in [2.24, 2.45) is 0 Å². The summed E-state index contributed by atoms with van der Waals surface area (Å²) < 4.78 is 5.37. The summed E-state index contributed by atoms with van der Waals surface area (Å²) in [6.07, 6.45) is 1.95. The first-order chi connectivity index (χ1) is 9.54. The predicted molar refractivity (Wildman–Crippen MR) is 77.9 cm³/mol. The van der Waals surface area contributed by atoms with E-state index in [2.05, 4.69) is 4.90 Å².